The number of carbonyl (C=O) groups is 1. The maximum Gasteiger partial charge on any atom is 0.248 e. The average molecular weight is 371 g/mol. The van der Waals surface area contributed by atoms with E-state index in [0.29, 0.717) is 10.2 Å². The minimum absolute atomic E-state index is 0.301. The van der Waals surface area contributed by atoms with E-state index in [2.05, 4.69) is 26.2 Å². The quantitative estimate of drug-likeness (QED) is 0.673. The minimum Gasteiger partial charge on any atom is -0.321 e. The van der Waals surface area contributed by atoms with Crippen molar-refractivity contribution in [2.75, 3.05) is 5.32 Å². The van der Waals surface area contributed by atoms with E-state index < -0.39 is 0 Å². The third kappa shape index (κ3) is 3.63. The van der Waals surface area contributed by atoms with Gasteiger partial charge < -0.3 is 5.32 Å². The third-order valence-corrected chi connectivity index (χ3v) is 3.92. The van der Waals surface area contributed by atoms with Crippen LogP contribution in [0.2, 0.25) is 0 Å². The molecule has 0 aliphatic rings. The molecule has 23 heavy (non-hydrogen) atoms. The highest BCUT2D eigenvalue weighted by molar-refractivity contribution is 9.10. The Labute approximate surface area is 141 Å². The molecule has 3 rings (SSSR count). The minimum atomic E-state index is -0.368. The number of amides is 1. The summed E-state index contributed by atoms with van der Waals surface area (Å²) in [4.78, 5) is 16.4. The topological polar surface area (TPSA) is 42.0 Å². The van der Waals surface area contributed by atoms with Crippen LogP contribution in [0.15, 0.2) is 65.3 Å². The molecule has 1 amide bonds. The van der Waals surface area contributed by atoms with Gasteiger partial charge in [0.05, 0.1) is 11.2 Å². The molecule has 1 heterocycles. The molecule has 0 unspecified atom stereocenters. The van der Waals surface area contributed by atoms with Crippen molar-refractivity contribution in [2.24, 2.45) is 0 Å². The van der Waals surface area contributed by atoms with E-state index in [1.54, 1.807) is 12.3 Å². The number of pyridine rings is 1. The summed E-state index contributed by atoms with van der Waals surface area (Å²) in [7, 11) is 0. The number of aromatic nitrogens is 1. The fraction of sp³-hybridized carbons (Fsp3) is 0. The normalized spacial score (nSPS) is 11.0. The lowest BCUT2D eigenvalue weighted by molar-refractivity contribution is -0.111. The van der Waals surface area contributed by atoms with Crippen LogP contribution in [0.5, 0.6) is 0 Å². The lowest BCUT2D eigenvalue weighted by Crippen LogP contribution is -2.08. The zero-order valence-corrected chi connectivity index (χ0v) is 13.5. The summed E-state index contributed by atoms with van der Waals surface area (Å²) < 4.78 is 13.5. The number of hydrogen-bond donors (Lipinski definition) is 1. The molecule has 0 saturated heterocycles. The first-order valence-corrected chi connectivity index (χ1v) is 7.70. The van der Waals surface area contributed by atoms with Crippen molar-refractivity contribution in [3.05, 3.63) is 76.7 Å². The molecule has 3 nitrogen and oxygen atoms in total. The van der Waals surface area contributed by atoms with Crippen molar-refractivity contribution in [1.82, 2.24) is 4.98 Å². The van der Waals surface area contributed by atoms with Crippen molar-refractivity contribution >= 4 is 44.5 Å². The summed E-state index contributed by atoms with van der Waals surface area (Å²) in [5, 5.41) is 3.71. The van der Waals surface area contributed by atoms with Crippen molar-refractivity contribution in [2.45, 2.75) is 0 Å². The molecule has 2 aromatic carbocycles. The second kappa shape index (κ2) is 6.71. The molecule has 3 aromatic rings. The predicted molar refractivity (Wildman–Crippen MR) is 93.5 cm³/mol. The van der Waals surface area contributed by atoms with Crippen LogP contribution in [0.3, 0.4) is 0 Å². The van der Waals surface area contributed by atoms with Crippen LogP contribution in [0.25, 0.3) is 17.0 Å². The molecule has 0 radical (unpaired) electrons. The van der Waals surface area contributed by atoms with Crippen LogP contribution in [0.1, 0.15) is 5.56 Å². The summed E-state index contributed by atoms with van der Waals surface area (Å²) in [6.45, 7) is 0. The van der Waals surface area contributed by atoms with Gasteiger partial charge in [-0.3, -0.25) is 9.78 Å². The van der Waals surface area contributed by atoms with Gasteiger partial charge in [-0.05, 0) is 46.3 Å². The van der Waals surface area contributed by atoms with E-state index in [9.17, 15) is 9.18 Å². The van der Waals surface area contributed by atoms with Crippen LogP contribution in [0, 0.1) is 5.82 Å². The number of rotatable bonds is 3. The van der Waals surface area contributed by atoms with Gasteiger partial charge in [0.2, 0.25) is 5.91 Å². The van der Waals surface area contributed by atoms with Crippen LogP contribution >= 0.6 is 15.9 Å². The lowest BCUT2D eigenvalue weighted by Gasteiger charge is -2.05. The summed E-state index contributed by atoms with van der Waals surface area (Å²) in [5.74, 6) is -0.669. The largest absolute Gasteiger partial charge is 0.321 e. The van der Waals surface area contributed by atoms with Gasteiger partial charge in [0.25, 0.3) is 0 Å². The van der Waals surface area contributed by atoms with Gasteiger partial charge in [0.15, 0.2) is 0 Å². The number of halogens is 2. The molecule has 0 aliphatic heterocycles. The first-order valence-electron chi connectivity index (χ1n) is 6.91. The highest BCUT2D eigenvalue weighted by atomic mass is 79.9. The molecule has 0 bridgehead atoms. The van der Waals surface area contributed by atoms with Crippen molar-refractivity contribution < 1.29 is 9.18 Å². The molecule has 0 spiro atoms. The zero-order valence-electron chi connectivity index (χ0n) is 12.0. The predicted octanol–water partition coefficient (Wildman–Crippen LogP) is 4.79. The zero-order chi connectivity index (χ0) is 16.2. The van der Waals surface area contributed by atoms with Gasteiger partial charge in [-0.2, -0.15) is 0 Å². The van der Waals surface area contributed by atoms with Crippen molar-refractivity contribution in [3.63, 3.8) is 0 Å². The number of benzene rings is 2. The van der Waals surface area contributed by atoms with Crippen molar-refractivity contribution in [3.8, 4) is 0 Å². The molecule has 0 atom stereocenters. The fourth-order valence-electron chi connectivity index (χ4n) is 2.19. The van der Waals surface area contributed by atoms with E-state index in [-0.39, 0.29) is 11.7 Å². The molecular weight excluding hydrogens is 359 g/mol. The molecule has 1 N–H and O–H groups in total. The highest BCUT2D eigenvalue weighted by Crippen LogP contribution is 2.23. The summed E-state index contributed by atoms with van der Waals surface area (Å²) in [6, 6.07) is 13.7. The van der Waals surface area contributed by atoms with E-state index in [1.165, 1.54) is 24.3 Å². The standard InChI is InChI=1S/C18H12BrFN2O/c19-15-11-14(20)7-8-16(15)22-17(23)9-6-13-4-1-3-12-5-2-10-21-18(12)13/h1-11H,(H,22,23). The summed E-state index contributed by atoms with van der Waals surface area (Å²) in [6.07, 6.45) is 4.86. The average Bonchev–Trinajstić information content (AvgIpc) is 2.55. The molecule has 5 heteroatoms. The number of nitrogens with one attached hydrogen (secondary N) is 1. The maximum atomic E-state index is 13.0. The van der Waals surface area contributed by atoms with Gasteiger partial charge >= 0.3 is 0 Å². The van der Waals surface area contributed by atoms with Gasteiger partial charge in [0.1, 0.15) is 5.82 Å². The Balaban J connectivity index is 1.80. The van der Waals surface area contributed by atoms with E-state index >= 15 is 0 Å². The Bertz CT molecular complexity index is 903. The second-order valence-corrected chi connectivity index (χ2v) is 5.72. The van der Waals surface area contributed by atoms with Gasteiger partial charge in [0, 0.05) is 27.7 Å². The van der Waals surface area contributed by atoms with Gasteiger partial charge in [-0.25, -0.2) is 4.39 Å². The van der Waals surface area contributed by atoms with Crippen LogP contribution < -0.4 is 5.32 Å². The molecule has 114 valence electrons. The summed E-state index contributed by atoms with van der Waals surface area (Å²) >= 11 is 3.22. The molecule has 0 fully saturated rings. The van der Waals surface area contributed by atoms with E-state index in [0.717, 1.165) is 16.5 Å². The van der Waals surface area contributed by atoms with Gasteiger partial charge in [-0.1, -0.05) is 24.3 Å². The first-order chi connectivity index (χ1) is 11.1. The first kappa shape index (κ1) is 15.4. The van der Waals surface area contributed by atoms with Crippen LogP contribution in [-0.4, -0.2) is 10.9 Å². The van der Waals surface area contributed by atoms with E-state index in [4.69, 9.17) is 0 Å². The Hall–Kier alpha value is -2.53. The smallest absolute Gasteiger partial charge is 0.248 e. The number of anilines is 1. The molecular formula is C18H12BrFN2O. The Kier molecular flexibility index (Phi) is 4.48. The number of carbonyl (C=O) groups excluding carboxylic acids is 1. The Morgan fingerprint density at radius 2 is 2.00 bits per heavy atom. The lowest BCUT2D eigenvalue weighted by atomic mass is 10.1. The monoisotopic (exact) mass is 370 g/mol. The Morgan fingerprint density at radius 1 is 1.17 bits per heavy atom. The van der Waals surface area contributed by atoms with E-state index in [1.807, 2.05) is 30.3 Å². The molecule has 0 aliphatic carbocycles. The molecule has 0 saturated carbocycles. The fourth-order valence-corrected chi connectivity index (χ4v) is 2.64. The Morgan fingerprint density at radius 3 is 2.83 bits per heavy atom. The maximum absolute atomic E-state index is 13.0. The van der Waals surface area contributed by atoms with Gasteiger partial charge in [-0.15, -0.1) is 0 Å². The number of nitrogens with zero attached hydrogens (tertiary/aromatic N) is 1. The number of fused-ring (bicyclic) bond motifs is 1. The van der Waals surface area contributed by atoms with Crippen molar-refractivity contribution in [1.29, 1.82) is 0 Å². The summed E-state index contributed by atoms with van der Waals surface area (Å²) in [5.41, 5.74) is 2.20. The van der Waals surface area contributed by atoms with Crippen LogP contribution in [0.4, 0.5) is 10.1 Å². The number of hydrogen-bond acceptors (Lipinski definition) is 2. The SMILES string of the molecule is O=C(C=Cc1cccc2cccnc12)Nc1ccc(F)cc1Br. The highest BCUT2D eigenvalue weighted by Gasteiger charge is 2.04. The number of para-hydroxylation sites is 1. The third-order valence-electron chi connectivity index (χ3n) is 3.27. The molecule has 1 aromatic heterocycles. The van der Waals surface area contributed by atoms with Crippen LogP contribution in [-0.2, 0) is 4.79 Å². The second-order valence-electron chi connectivity index (χ2n) is 4.87.